The number of benzene rings is 1. The minimum Gasteiger partial charge on any atom is -0.353 e. The zero-order valence-electron chi connectivity index (χ0n) is 17.7. The molecule has 29 heavy (non-hydrogen) atoms. The van der Waals surface area contributed by atoms with Crippen LogP contribution in [0.2, 0.25) is 5.02 Å². The zero-order chi connectivity index (χ0) is 21.0. The van der Waals surface area contributed by atoms with Crippen LogP contribution in [0.5, 0.6) is 0 Å². The van der Waals surface area contributed by atoms with Gasteiger partial charge in [-0.05, 0) is 51.4 Å². The molecule has 0 bridgehead atoms. The summed E-state index contributed by atoms with van der Waals surface area (Å²) in [4.78, 5) is 31.8. The number of rotatable bonds is 7. The minimum absolute atomic E-state index is 0.0962. The summed E-state index contributed by atoms with van der Waals surface area (Å²) >= 11 is 6.13. The van der Waals surface area contributed by atoms with Gasteiger partial charge in [0.25, 0.3) is 0 Å². The average Bonchev–Trinajstić information content (AvgIpc) is 3.06. The first-order valence-corrected chi connectivity index (χ1v) is 11.1. The molecule has 0 aromatic heterocycles. The normalized spacial score (nSPS) is 25.4. The Hall–Kier alpha value is -1.63. The number of amides is 2. The summed E-state index contributed by atoms with van der Waals surface area (Å²) in [6.07, 6.45) is 2.25. The third-order valence-electron chi connectivity index (χ3n) is 6.43. The number of carbonyl (C=O) groups excluding carboxylic acids is 2. The van der Waals surface area contributed by atoms with Gasteiger partial charge in [-0.25, -0.2) is 0 Å². The molecule has 0 saturated carbocycles. The maximum absolute atomic E-state index is 12.9. The quantitative estimate of drug-likeness (QED) is 0.735. The Morgan fingerprint density at radius 2 is 2.07 bits per heavy atom. The van der Waals surface area contributed by atoms with Crippen molar-refractivity contribution in [2.75, 3.05) is 33.2 Å². The van der Waals surface area contributed by atoms with Crippen LogP contribution in [0.15, 0.2) is 24.3 Å². The molecule has 1 aromatic carbocycles. The van der Waals surface area contributed by atoms with Gasteiger partial charge in [0.15, 0.2) is 0 Å². The van der Waals surface area contributed by atoms with Crippen molar-refractivity contribution < 1.29 is 9.59 Å². The van der Waals surface area contributed by atoms with Gasteiger partial charge in [-0.2, -0.15) is 0 Å². The van der Waals surface area contributed by atoms with Crippen LogP contribution in [0.4, 0.5) is 0 Å². The lowest BCUT2D eigenvalue weighted by Crippen LogP contribution is -2.49. The number of hydrogen-bond acceptors (Lipinski definition) is 4. The van der Waals surface area contributed by atoms with Crippen molar-refractivity contribution in [3.05, 3.63) is 34.9 Å². The summed E-state index contributed by atoms with van der Waals surface area (Å²) in [6.45, 7) is 7.71. The molecule has 3 atom stereocenters. The van der Waals surface area contributed by atoms with E-state index in [1.165, 1.54) is 0 Å². The van der Waals surface area contributed by atoms with Gasteiger partial charge in [0.1, 0.15) is 6.04 Å². The lowest BCUT2D eigenvalue weighted by molar-refractivity contribution is -0.131. The van der Waals surface area contributed by atoms with Gasteiger partial charge in [-0.1, -0.05) is 23.7 Å². The van der Waals surface area contributed by atoms with Crippen LogP contribution in [0.1, 0.15) is 38.7 Å². The number of fused-ring (bicyclic) bond motifs is 1. The molecule has 2 aliphatic heterocycles. The molecule has 160 valence electrons. The van der Waals surface area contributed by atoms with E-state index >= 15 is 0 Å². The van der Waals surface area contributed by atoms with Crippen LogP contribution in [-0.2, 0) is 16.1 Å². The SMILES string of the molecule is CCN(CC)C(=O)CCC1CNC(=O)C2C(CCN2Cc2cccc(Cl)c2)N1C. The first kappa shape index (κ1) is 22.1. The van der Waals surface area contributed by atoms with Gasteiger partial charge in [0, 0.05) is 56.3 Å². The van der Waals surface area contributed by atoms with Crippen molar-refractivity contribution in [3.63, 3.8) is 0 Å². The third-order valence-corrected chi connectivity index (χ3v) is 6.67. The number of carbonyl (C=O) groups is 2. The Kier molecular flexibility index (Phi) is 7.55. The van der Waals surface area contributed by atoms with E-state index in [4.69, 9.17) is 11.6 Å². The van der Waals surface area contributed by atoms with E-state index in [9.17, 15) is 9.59 Å². The highest BCUT2D eigenvalue weighted by atomic mass is 35.5. The van der Waals surface area contributed by atoms with Crippen molar-refractivity contribution >= 4 is 23.4 Å². The van der Waals surface area contributed by atoms with Crippen LogP contribution in [0, 0.1) is 0 Å². The van der Waals surface area contributed by atoms with E-state index in [-0.39, 0.29) is 29.9 Å². The molecule has 2 amide bonds. The summed E-state index contributed by atoms with van der Waals surface area (Å²) in [5.41, 5.74) is 1.12. The van der Waals surface area contributed by atoms with Crippen molar-refractivity contribution in [3.8, 4) is 0 Å². The Morgan fingerprint density at radius 3 is 2.76 bits per heavy atom. The maximum atomic E-state index is 12.9. The number of likely N-dealkylation sites (N-methyl/N-ethyl adjacent to an activating group) is 1. The summed E-state index contributed by atoms with van der Waals surface area (Å²) < 4.78 is 0. The molecule has 2 heterocycles. The Labute approximate surface area is 179 Å². The molecule has 0 aliphatic carbocycles. The second-order valence-corrected chi connectivity index (χ2v) is 8.51. The summed E-state index contributed by atoms with van der Waals surface area (Å²) in [7, 11) is 2.10. The monoisotopic (exact) mass is 420 g/mol. The van der Waals surface area contributed by atoms with E-state index in [2.05, 4.69) is 28.2 Å². The van der Waals surface area contributed by atoms with Gasteiger partial charge >= 0.3 is 0 Å². The predicted octanol–water partition coefficient (Wildman–Crippen LogP) is 2.36. The van der Waals surface area contributed by atoms with E-state index < -0.39 is 0 Å². The first-order valence-electron chi connectivity index (χ1n) is 10.7. The largest absolute Gasteiger partial charge is 0.353 e. The molecular weight excluding hydrogens is 388 g/mol. The third kappa shape index (κ3) is 5.11. The lowest BCUT2D eigenvalue weighted by Gasteiger charge is -2.33. The van der Waals surface area contributed by atoms with E-state index in [0.717, 1.165) is 43.1 Å². The fraction of sp³-hybridized carbons (Fsp3) is 0.636. The first-order chi connectivity index (χ1) is 13.9. The standard InChI is InChI=1S/C22H33ClN4O2/c1-4-26(5-2)20(28)10-9-18-14-24-22(29)21-19(25(18)3)11-12-27(21)15-16-7-6-8-17(23)13-16/h6-8,13,18-19,21H,4-5,9-12,14-15H2,1-3H3,(H,24,29). The maximum Gasteiger partial charge on any atom is 0.239 e. The molecule has 6 nitrogen and oxygen atoms in total. The van der Waals surface area contributed by atoms with Crippen molar-refractivity contribution in [2.24, 2.45) is 0 Å². The second kappa shape index (κ2) is 9.92. The number of likely N-dealkylation sites (tertiary alicyclic amines) is 1. The molecule has 7 heteroatoms. The second-order valence-electron chi connectivity index (χ2n) is 8.07. The molecule has 0 spiro atoms. The van der Waals surface area contributed by atoms with Crippen LogP contribution < -0.4 is 5.32 Å². The van der Waals surface area contributed by atoms with Crippen LogP contribution >= 0.6 is 11.6 Å². The van der Waals surface area contributed by atoms with Gasteiger partial charge in [-0.3, -0.25) is 19.4 Å². The van der Waals surface area contributed by atoms with E-state index in [0.29, 0.717) is 19.5 Å². The highest BCUT2D eigenvalue weighted by Gasteiger charge is 2.44. The number of nitrogens with zero attached hydrogens (tertiary/aromatic N) is 3. The van der Waals surface area contributed by atoms with E-state index in [1.54, 1.807) is 0 Å². The number of nitrogens with one attached hydrogen (secondary N) is 1. The highest BCUT2D eigenvalue weighted by molar-refractivity contribution is 6.30. The summed E-state index contributed by atoms with van der Waals surface area (Å²) in [5.74, 6) is 0.295. The Balaban J connectivity index is 1.65. The fourth-order valence-corrected chi connectivity index (χ4v) is 4.93. The minimum atomic E-state index is -0.164. The Morgan fingerprint density at radius 1 is 1.31 bits per heavy atom. The predicted molar refractivity (Wildman–Crippen MR) is 116 cm³/mol. The van der Waals surface area contributed by atoms with Gasteiger partial charge in [0.05, 0.1) is 0 Å². The molecule has 0 radical (unpaired) electrons. The van der Waals surface area contributed by atoms with Crippen LogP contribution in [0.25, 0.3) is 0 Å². The van der Waals surface area contributed by atoms with Crippen LogP contribution in [-0.4, -0.2) is 77.9 Å². The topological polar surface area (TPSA) is 55.9 Å². The summed E-state index contributed by atoms with van der Waals surface area (Å²) in [6, 6.07) is 8.03. The highest BCUT2D eigenvalue weighted by Crippen LogP contribution is 2.29. The van der Waals surface area contributed by atoms with Crippen molar-refractivity contribution in [2.45, 2.75) is 57.8 Å². The molecule has 2 saturated heterocycles. The Bertz CT molecular complexity index is 725. The smallest absolute Gasteiger partial charge is 0.239 e. The molecule has 2 fully saturated rings. The zero-order valence-corrected chi connectivity index (χ0v) is 18.5. The average molecular weight is 421 g/mol. The van der Waals surface area contributed by atoms with Crippen LogP contribution in [0.3, 0.4) is 0 Å². The number of halogens is 1. The molecular formula is C22H33ClN4O2. The molecule has 3 unspecified atom stereocenters. The van der Waals surface area contributed by atoms with Gasteiger partial charge in [0.2, 0.25) is 11.8 Å². The molecule has 1 aromatic rings. The molecule has 3 rings (SSSR count). The number of hydrogen-bond donors (Lipinski definition) is 1. The van der Waals surface area contributed by atoms with Gasteiger partial charge in [-0.15, -0.1) is 0 Å². The van der Waals surface area contributed by atoms with Crippen molar-refractivity contribution in [1.29, 1.82) is 0 Å². The lowest BCUT2D eigenvalue weighted by atomic mass is 10.0. The van der Waals surface area contributed by atoms with Crippen molar-refractivity contribution in [1.82, 2.24) is 20.0 Å². The van der Waals surface area contributed by atoms with E-state index in [1.807, 2.05) is 36.9 Å². The molecule has 1 N–H and O–H groups in total. The molecule has 2 aliphatic rings. The summed E-state index contributed by atoms with van der Waals surface area (Å²) in [5, 5.41) is 3.85. The van der Waals surface area contributed by atoms with Gasteiger partial charge < -0.3 is 10.2 Å². The fourth-order valence-electron chi connectivity index (χ4n) is 4.72.